The van der Waals surface area contributed by atoms with Crippen LogP contribution in [0, 0.1) is 10.1 Å². The van der Waals surface area contributed by atoms with Crippen molar-refractivity contribution in [2.45, 2.75) is 16.8 Å². The molecular formula is C10H7BrF3NO3S. The van der Waals surface area contributed by atoms with Crippen LogP contribution in [0.15, 0.2) is 23.1 Å². The van der Waals surface area contributed by atoms with Gasteiger partial charge in [0.2, 0.25) is 0 Å². The number of nitro groups is 1. The van der Waals surface area contributed by atoms with Crippen LogP contribution in [-0.4, -0.2) is 21.5 Å². The molecule has 0 unspecified atom stereocenters. The smallest absolute Gasteiger partial charge is 0.298 e. The highest BCUT2D eigenvalue weighted by Crippen LogP contribution is 2.38. The molecule has 0 aliphatic rings. The van der Waals surface area contributed by atoms with Gasteiger partial charge >= 0.3 is 5.51 Å². The summed E-state index contributed by atoms with van der Waals surface area (Å²) >= 11 is 2.52. The number of benzene rings is 1. The Morgan fingerprint density at radius 1 is 1.42 bits per heavy atom. The van der Waals surface area contributed by atoms with Crippen molar-refractivity contribution in [1.82, 2.24) is 0 Å². The Labute approximate surface area is 118 Å². The maximum Gasteiger partial charge on any atom is 0.446 e. The molecule has 0 heterocycles. The molecule has 0 N–H and O–H groups in total. The minimum Gasteiger partial charge on any atom is -0.298 e. The average molecular weight is 358 g/mol. The Hall–Kier alpha value is -1.09. The fourth-order valence-corrected chi connectivity index (χ4v) is 2.14. The van der Waals surface area contributed by atoms with Gasteiger partial charge in [-0.25, -0.2) is 0 Å². The Morgan fingerprint density at radius 2 is 2.05 bits per heavy atom. The maximum atomic E-state index is 12.2. The SMILES string of the molecule is O=C(CBr)Cc1cc(SC(F)(F)F)ccc1[N+](=O)[O-]. The van der Waals surface area contributed by atoms with E-state index in [0.717, 1.165) is 18.2 Å². The average Bonchev–Trinajstić information content (AvgIpc) is 2.26. The number of Topliss-reactive ketones (excluding diaryl/α,β-unsaturated/α-hetero) is 1. The summed E-state index contributed by atoms with van der Waals surface area (Å²) in [6.45, 7) is 0. The number of ketones is 1. The number of carbonyl (C=O) groups is 1. The van der Waals surface area contributed by atoms with Gasteiger partial charge in [0, 0.05) is 22.9 Å². The van der Waals surface area contributed by atoms with Gasteiger partial charge < -0.3 is 0 Å². The number of halogens is 4. The van der Waals surface area contributed by atoms with Crippen LogP contribution in [0.1, 0.15) is 5.56 Å². The lowest BCUT2D eigenvalue weighted by Crippen LogP contribution is -2.07. The van der Waals surface area contributed by atoms with E-state index in [1.807, 2.05) is 0 Å². The van der Waals surface area contributed by atoms with Gasteiger partial charge in [-0.1, -0.05) is 15.9 Å². The van der Waals surface area contributed by atoms with Crippen LogP contribution in [0.2, 0.25) is 0 Å². The predicted molar refractivity (Wildman–Crippen MR) is 67.5 cm³/mol. The van der Waals surface area contributed by atoms with Gasteiger partial charge in [0.25, 0.3) is 5.69 Å². The van der Waals surface area contributed by atoms with Crippen LogP contribution in [-0.2, 0) is 11.2 Å². The minimum atomic E-state index is -4.48. The first kappa shape index (κ1) is 16.0. The third-order valence-electron chi connectivity index (χ3n) is 2.02. The summed E-state index contributed by atoms with van der Waals surface area (Å²) in [7, 11) is 0. The molecule has 19 heavy (non-hydrogen) atoms. The van der Waals surface area contributed by atoms with Crippen LogP contribution in [0.4, 0.5) is 18.9 Å². The van der Waals surface area contributed by atoms with E-state index in [1.165, 1.54) is 0 Å². The molecule has 104 valence electrons. The van der Waals surface area contributed by atoms with E-state index in [-0.39, 0.29) is 45.4 Å². The van der Waals surface area contributed by atoms with Crippen molar-refractivity contribution in [1.29, 1.82) is 0 Å². The predicted octanol–water partition coefficient (Wildman–Crippen LogP) is 3.71. The standard InChI is InChI=1S/C10H7BrF3NO3S/c11-5-7(16)3-6-4-8(19-10(12,13)14)1-2-9(6)15(17)18/h1-2,4H,3,5H2. The van der Waals surface area contributed by atoms with E-state index in [9.17, 15) is 28.1 Å². The summed E-state index contributed by atoms with van der Waals surface area (Å²) in [4.78, 5) is 21.1. The molecule has 0 bridgehead atoms. The third-order valence-corrected chi connectivity index (χ3v) is 3.36. The number of alkyl halides is 4. The second-order valence-corrected chi connectivity index (χ2v) is 5.14. The molecule has 1 aromatic rings. The Morgan fingerprint density at radius 3 is 2.53 bits per heavy atom. The van der Waals surface area contributed by atoms with Gasteiger partial charge in [0.05, 0.1) is 10.3 Å². The van der Waals surface area contributed by atoms with Crippen molar-refractivity contribution in [3.05, 3.63) is 33.9 Å². The summed E-state index contributed by atoms with van der Waals surface area (Å²) in [5.41, 5.74) is -4.86. The second-order valence-electron chi connectivity index (χ2n) is 3.44. The zero-order chi connectivity index (χ0) is 14.6. The van der Waals surface area contributed by atoms with Gasteiger partial charge in [0.15, 0.2) is 0 Å². The van der Waals surface area contributed by atoms with Gasteiger partial charge in [-0.15, -0.1) is 0 Å². The maximum absolute atomic E-state index is 12.2. The number of rotatable bonds is 5. The molecule has 0 fully saturated rings. The lowest BCUT2D eigenvalue weighted by molar-refractivity contribution is -0.385. The Bertz CT molecular complexity index is 507. The Balaban J connectivity index is 3.11. The van der Waals surface area contributed by atoms with Gasteiger partial charge in [-0.3, -0.25) is 14.9 Å². The fourth-order valence-electron chi connectivity index (χ4n) is 1.34. The summed E-state index contributed by atoms with van der Waals surface area (Å²) in [6.07, 6.45) is -0.284. The summed E-state index contributed by atoms with van der Waals surface area (Å²) in [6, 6.07) is 3.01. The van der Waals surface area contributed by atoms with Crippen molar-refractivity contribution >= 4 is 39.2 Å². The minimum absolute atomic E-state index is 0.0131. The van der Waals surface area contributed by atoms with Gasteiger partial charge in [-0.2, -0.15) is 13.2 Å². The zero-order valence-corrected chi connectivity index (χ0v) is 11.6. The molecule has 0 aliphatic heterocycles. The fraction of sp³-hybridized carbons (Fsp3) is 0.300. The van der Waals surface area contributed by atoms with Crippen LogP contribution in [0.3, 0.4) is 0 Å². The monoisotopic (exact) mass is 357 g/mol. The Kier molecular flexibility index (Phi) is 5.36. The highest BCUT2D eigenvalue weighted by molar-refractivity contribution is 9.09. The molecule has 4 nitrogen and oxygen atoms in total. The molecule has 9 heteroatoms. The second kappa shape index (κ2) is 6.38. The molecular weight excluding hydrogens is 351 g/mol. The number of thioether (sulfide) groups is 1. The van der Waals surface area contributed by atoms with Crippen molar-refractivity contribution in [3.8, 4) is 0 Å². The molecule has 0 aromatic heterocycles. The quantitative estimate of drug-likeness (QED) is 0.348. The van der Waals surface area contributed by atoms with Crippen molar-refractivity contribution in [2.24, 2.45) is 0 Å². The highest BCUT2D eigenvalue weighted by atomic mass is 79.9. The highest BCUT2D eigenvalue weighted by Gasteiger charge is 2.30. The molecule has 0 radical (unpaired) electrons. The first-order chi connectivity index (χ1) is 8.73. The van der Waals surface area contributed by atoms with Crippen LogP contribution < -0.4 is 0 Å². The number of hydrogen-bond donors (Lipinski definition) is 0. The first-order valence-electron chi connectivity index (χ1n) is 4.83. The summed E-state index contributed by atoms with van der Waals surface area (Å²) in [5.74, 6) is -0.350. The number of nitro benzene ring substituents is 1. The van der Waals surface area contributed by atoms with E-state index >= 15 is 0 Å². The lowest BCUT2D eigenvalue weighted by Gasteiger charge is -2.07. The summed E-state index contributed by atoms with van der Waals surface area (Å²) in [5, 5.41) is 10.7. The van der Waals surface area contributed by atoms with E-state index in [4.69, 9.17) is 0 Å². The van der Waals surface area contributed by atoms with Gasteiger partial charge in [0.1, 0.15) is 5.78 Å². The van der Waals surface area contributed by atoms with Crippen LogP contribution >= 0.6 is 27.7 Å². The third kappa shape index (κ3) is 5.19. The number of hydrogen-bond acceptors (Lipinski definition) is 4. The van der Waals surface area contributed by atoms with E-state index in [2.05, 4.69) is 15.9 Å². The molecule has 1 rings (SSSR count). The van der Waals surface area contributed by atoms with E-state index in [1.54, 1.807) is 0 Å². The molecule has 0 spiro atoms. The normalized spacial score (nSPS) is 11.4. The van der Waals surface area contributed by atoms with Crippen molar-refractivity contribution in [3.63, 3.8) is 0 Å². The molecule has 0 atom stereocenters. The van der Waals surface area contributed by atoms with Crippen LogP contribution in [0.25, 0.3) is 0 Å². The molecule has 0 saturated carbocycles. The lowest BCUT2D eigenvalue weighted by atomic mass is 10.1. The summed E-state index contributed by atoms with van der Waals surface area (Å²) < 4.78 is 36.6. The number of nitrogens with zero attached hydrogens (tertiary/aromatic N) is 1. The van der Waals surface area contributed by atoms with Gasteiger partial charge in [-0.05, 0) is 23.9 Å². The molecule has 0 aliphatic carbocycles. The van der Waals surface area contributed by atoms with Crippen LogP contribution in [0.5, 0.6) is 0 Å². The van der Waals surface area contributed by atoms with E-state index < -0.39 is 10.4 Å². The molecule has 1 aromatic carbocycles. The number of carbonyl (C=O) groups excluding carboxylic acids is 1. The first-order valence-corrected chi connectivity index (χ1v) is 6.77. The topological polar surface area (TPSA) is 60.2 Å². The van der Waals surface area contributed by atoms with E-state index in [0.29, 0.717) is 0 Å². The molecule has 0 saturated heterocycles. The largest absolute Gasteiger partial charge is 0.446 e. The van der Waals surface area contributed by atoms with Crippen molar-refractivity contribution in [2.75, 3.05) is 5.33 Å². The zero-order valence-electron chi connectivity index (χ0n) is 9.24. The van der Waals surface area contributed by atoms with Crippen molar-refractivity contribution < 1.29 is 22.9 Å². The molecule has 0 amide bonds.